The maximum atomic E-state index is 12.5. The average molecular weight is 220 g/mol. The van der Waals surface area contributed by atoms with Crippen LogP contribution in [-0.4, -0.2) is 11.2 Å². The van der Waals surface area contributed by atoms with E-state index in [1.54, 1.807) is 13.8 Å². The molecule has 1 aromatic rings. The van der Waals surface area contributed by atoms with Crippen LogP contribution in [0.3, 0.4) is 0 Å². The number of phenolic OH excluding ortho intramolecular Hbond substituents is 1. The molecule has 5 heteroatoms. The highest BCUT2D eigenvalue weighted by Crippen LogP contribution is 2.38. The van der Waals surface area contributed by atoms with Gasteiger partial charge in [0.15, 0.2) is 0 Å². The summed E-state index contributed by atoms with van der Waals surface area (Å²) in [5, 5.41) is 9.07. The highest BCUT2D eigenvalue weighted by Gasteiger charge is 2.34. The second-order valence-electron chi connectivity index (χ2n) is 3.34. The number of hydrogen-bond acceptors (Lipinski definition) is 2. The lowest BCUT2D eigenvalue weighted by molar-refractivity contribution is -0.139. The van der Waals surface area contributed by atoms with Crippen LogP contribution in [0, 0.1) is 0 Å². The van der Waals surface area contributed by atoms with Crippen LogP contribution < -0.4 is 4.74 Å². The lowest BCUT2D eigenvalue weighted by Gasteiger charge is -2.16. The number of alkyl halides is 3. The molecule has 0 aromatic heterocycles. The summed E-state index contributed by atoms with van der Waals surface area (Å²) in [6.45, 7) is 3.23. The molecule has 0 aliphatic heterocycles. The SMILES string of the molecule is CC(C)Oc1cc(O)ccc1C(F)(F)F. The maximum absolute atomic E-state index is 12.5. The van der Waals surface area contributed by atoms with E-state index >= 15 is 0 Å². The first-order valence-electron chi connectivity index (χ1n) is 4.37. The fourth-order valence-electron chi connectivity index (χ4n) is 1.10. The van der Waals surface area contributed by atoms with Crippen molar-refractivity contribution >= 4 is 0 Å². The molecule has 0 radical (unpaired) electrons. The Bertz CT molecular complexity index is 345. The molecule has 84 valence electrons. The summed E-state index contributed by atoms with van der Waals surface area (Å²) in [4.78, 5) is 0. The van der Waals surface area contributed by atoms with Gasteiger partial charge >= 0.3 is 6.18 Å². The zero-order valence-corrected chi connectivity index (χ0v) is 8.30. The number of rotatable bonds is 2. The molecule has 0 fully saturated rings. The first-order valence-corrected chi connectivity index (χ1v) is 4.37. The molecule has 15 heavy (non-hydrogen) atoms. The third kappa shape index (κ3) is 3.04. The summed E-state index contributed by atoms with van der Waals surface area (Å²) in [5.74, 6) is -0.601. The van der Waals surface area contributed by atoms with Gasteiger partial charge in [0.2, 0.25) is 0 Å². The van der Waals surface area contributed by atoms with E-state index in [4.69, 9.17) is 9.84 Å². The average Bonchev–Trinajstić information content (AvgIpc) is 1.99. The maximum Gasteiger partial charge on any atom is 0.419 e. The molecule has 0 saturated carbocycles. The van der Waals surface area contributed by atoms with Gasteiger partial charge in [-0.1, -0.05) is 0 Å². The van der Waals surface area contributed by atoms with Crippen molar-refractivity contribution < 1.29 is 23.0 Å². The van der Waals surface area contributed by atoms with Crippen LogP contribution in [0.1, 0.15) is 19.4 Å². The molecular weight excluding hydrogens is 209 g/mol. The third-order valence-corrected chi connectivity index (χ3v) is 1.63. The van der Waals surface area contributed by atoms with Crippen LogP contribution in [0.2, 0.25) is 0 Å². The molecule has 0 aliphatic carbocycles. The highest BCUT2D eigenvalue weighted by atomic mass is 19.4. The van der Waals surface area contributed by atoms with Crippen molar-refractivity contribution in [1.29, 1.82) is 0 Å². The van der Waals surface area contributed by atoms with Gasteiger partial charge in [-0.3, -0.25) is 0 Å². The highest BCUT2D eigenvalue weighted by molar-refractivity contribution is 5.41. The van der Waals surface area contributed by atoms with E-state index in [1.807, 2.05) is 0 Å². The Labute approximate surface area is 85.3 Å². The molecule has 2 nitrogen and oxygen atoms in total. The topological polar surface area (TPSA) is 29.5 Å². The van der Waals surface area contributed by atoms with Crippen molar-refractivity contribution in [2.24, 2.45) is 0 Å². The van der Waals surface area contributed by atoms with Crippen LogP contribution in [0.4, 0.5) is 13.2 Å². The molecule has 1 aromatic carbocycles. The molecule has 1 N–H and O–H groups in total. The van der Waals surface area contributed by atoms with E-state index in [0.29, 0.717) is 0 Å². The van der Waals surface area contributed by atoms with E-state index in [2.05, 4.69) is 0 Å². The Balaban J connectivity index is 3.15. The molecule has 0 atom stereocenters. The number of phenols is 1. The van der Waals surface area contributed by atoms with E-state index in [0.717, 1.165) is 18.2 Å². The minimum absolute atomic E-state index is 0.251. The van der Waals surface area contributed by atoms with Crippen molar-refractivity contribution in [3.05, 3.63) is 23.8 Å². The first-order chi connectivity index (χ1) is 6.80. The number of benzene rings is 1. The second-order valence-corrected chi connectivity index (χ2v) is 3.34. The summed E-state index contributed by atoms with van der Waals surface area (Å²) < 4.78 is 42.4. The Hall–Kier alpha value is -1.39. The fourth-order valence-corrected chi connectivity index (χ4v) is 1.10. The van der Waals surface area contributed by atoms with Crippen LogP contribution in [0.5, 0.6) is 11.5 Å². The summed E-state index contributed by atoms with van der Waals surface area (Å²) >= 11 is 0. The van der Waals surface area contributed by atoms with Gasteiger partial charge in [-0.05, 0) is 26.0 Å². The van der Waals surface area contributed by atoms with Crippen molar-refractivity contribution in [3.63, 3.8) is 0 Å². The van der Waals surface area contributed by atoms with Crippen molar-refractivity contribution in [2.75, 3.05) is 0 Å². The minimum Gasteiger partial charge on any atom is -0.508 e. The largest absolute Gasteiger partial charge is 0.508 e. The number of ether oxygens (including phenoxy) is 1. The summed E-state index contributed by atoms with van der Waals surface area (Å²) in [5.41, 5.74) is -0.881. The smallest absolute Gasteiger partial charge is 0.419 e. The van der Waals surface area contributed by atoms with Gasteiger partial charge < -0.3 is 9.84 Å². The predicted octanol–water partition coefficient (Wildman–Crippen LogP) is 3.20. The Morgan fingerprint density at radius 3 is 2.33 bits per heavy atom. The zero-order valence-electron chi connectivity index (χ0n) is 8.30. The van der Waals surface area contributed by atoms with E-state index in [-0.39, 0.29) is 17.6 Å². The quantitative estimate of drug-likeness (QED) is 0.829. The van der Waals surface area contributed by atoms with Gasteiger partial charge in [0.1, 0.15) is 11.5 Å². The lowest BCUT2D eigenvalue weighted by Crippen LogP contribution is -2.12. The van der Waals surface area contributed by atoms with E-state index in [1.165, 1.54) is 0 Å². The standard InChI is InChI=1S/C10H11F3O2/c1-6(2)15-9-5-7(14)3-4-8(9)10(11,12)13/h3-6,14H,1-2H3. The van der Waals surface area contributed by atoms with Gasteiger partial charge in [0, 0.05) is 6.07 Å². The molecule has 0 saturated heterocycles. The van der Waals surface area contributed by atoms with E-state index in [9.17, 15) is 13.2 Å². The number of hydrogen-bond donors (Lipinski definition) is 1. The molecular formula is C10H11F3O2. The molecule has 0 unspecified atom stereocenters. The fraction of sp³-hybridized carbons (Fsp3) is 0.400. The van der Waals surface area contributed by atoms with E-state index < -0.39 is 11.7 Å². The van der Waals surface area contributed by atoms with Gasteiger partial charge in [-0.15, -0.1) is 0 Å². The third-order valence-electron chi connectivity index (χ3n) is 1.63. The zero-order chi connectivity index (χ0) is 11.6. The van der Waals surface area contributed by atoms with Crippen LogP contribution in [0.25, 0.3) is 0 Å². The normalized spacial score (nSPS) is 11.9. The number of halogens is 3. The minimum atomic E-state index is -4.47. The number of aromatic hydroxyl groups is 1. The van der Waals surface area contributed by atoms with Crippen molar-refractivity contribution in [1.82, 2.24) is 0 Å². The van der Waals surface area contributed by atoms with Crippen molar-refractivity contribution in [3.8, 4) is 11.5 Å². The lowest BCUT2D eigenvalue weighted by atomic mass is 10.2. The van der Waals surface area contributed by atoms with Crippen LogP contribution in [0.15, 0.2) is 18.2 Å². The van der Waals surface area contributed by atoms with Gasteiger partial charge in [0.05, 0.1) is 11.7 Å². The monoisotopic (exact) mass is 220 g/mol. The molecule has 0 amide bonds. The molecule has 1 rings (SSSR count). The second kappa shape index (κ2) is 4.00. The Kier molecular flexibility index (Phi) is 3.12. The predicted molar refractivity (Wildman–Crippen MR) is 48.9 cm³/mol. The van der Waals surface area contributed by atoms with Gasteiger partial charge in [-0.25, -0.2) is 0 Å². The molecule has 0 heterocycles. The summed E-state index contributed by atoms with van der Waals surface area (Å²) in [6.07, 6.45) is -4.86. The van der Waals surface area contributed by atoms with Crippen LogP contribution >= 0.6 is 0 Å². The Morgan fingerprint density at radius 2 is 1.87 bits per heavy atom. The van der Waals surface area contributed by atoms with Gasteiger partial charge in [0.25, 0.3) is 0 Å². The summed E-state index contributed by atoms with van der Waals surface area (Å²) in [6, 6.07) is 2.74. The van der Waals surface area contributed by atoms with Crippen LogP contribution in [-0.2, 0) is 6.18 Å². The van der Waals surface area contributed by atoms with Crippen molar-refractivity contribution in [2.45, 2.75) is 26.1 Å². The molecule has 0 spiro atoms. The molecule has 0 aliphatic rings. The summed E-state index contributed by atoms with van der Waals surface area (Å²) in [7, 11) is 0. The van der Waals surface area contributed by atoms with Gasteiger partial charge in [-0.2, -0.15) is 13.2 Å². The first kappa shape index (κ1) is 11.7. The molecule has 0 bridgehead atoms. The Morgan fingerprint density at radius 1 is 1.27 bits per heavy atom.